The number of nitrogens with two attached hydrogens (primary N) is 1. The molecule has 21 heavy (non-hydrogen) atoms. The van der Waals surface area contributed by atoms with Crippen LogP contribution in [0.1, 0.15) is 28.8 Å². The number of likely N-dealkylation sites (tertiary alicyclic amines) is 1. The van der Waals surface area contributed by atoms with E-state index in [4.69, 9.17) is 10.5 Å². The fraction of sp³-hybridized carbons (Fsp3) is 0.500. The zero-order chi connectivity index (χ0) is 15.1. The molecular weight excluding hydrogens is 266 g/mol. The van der Waals surface area contributed by atoms with Gasteiger partial charge in [0.25, 0.3) is 5.91 Å². The van der Waals surface area contributed by atoms with Gasteiger partial charge in [-0.25, -0.2) is 0 Å². The summed E-state index contributed by atoms with van der Waals surface area (Å²) in [5, 5.41) is 0. The van der Waals surface area contributed by atoms with Crippen molar-refractivity contribution in [2.24, 2.45) is 11.7 Å². The summed E-state index contributed by atoms with van der Waals surface area (Å²) >= 11 is 0. The molecule has 1 aliphatic rings. The summed E-state index contributed by atoms with van der Waals surface area (Å²) in [6.45, 7) is 2.48. The molecule has 2 rings (SSSR count). The predicted molar refractivity (Wildman–Crippen MR) is 80.7 cm³/mol. The maximum Gasteiger partial charge on any atom is 0.255 e. The molecule has 0 bridgehead atoms. The van der Waals surface area contributed by atoms with Crippen molar-refractivity contribution in [1.82, 2.24) is 9.88 Å². The molecule has 2 N–H and O–H groups in total. The fourth-order valence-electron chi connectivity index (χ4n) is 2.62. The minimum atomic E-state index is 0.0134. The lowest BCUT2D eigenvalue weighted by Crippen LogP contribution is -2.41. The zero-order valence-electron chi connectivity index (χ0n) is 12.3. The highest BCUT2D eigenvalue weighted by Gasteiger charge is 2.25. The van der Waals surface area contributed by atoms with Gasteiger partial charge in [-0.1, -0.05) is 11.8 Å². The van der Waals surface area contributed by atoms with Gasteiger partial charge in [0.1, 0.15) is 0 Å². The first-order valence-electron chi connectivity index (χ1n) is 7.17. The highest BCUT2D eigenvalue weighted by molar-refractivity contribution is 5.96. The predicted octanol–water partition coefficient (Wildman–Crippen LogP) is 0.890. The number of hydrogen-bond donors (Lipinski definition) is 1. The van der Waals surface area contributed by atoms with Crippen LogP contribution < -0.4 is 5.73 Å². The van der Waals surface area contributed by atoms with Gasteiger partial charge in [0.2, 0.25) is 0 Å². The Morgan fingerprint density at radius 1 is 1.62 bits per heavy atom. The molecule has 1 aromatic rings. The highest BCUT2D eigenvalue weighted by atomic mass is 16.5. The average Bonchev–Trinajstić information content (AvgIpc) is 2.53. The molecule has 112 valence electrons. The maximum absolute atomic E-state index is 12.7. The van der Waals surface area contributed by atoms with Crippen LogP contribution in [0.5, 0.6) is 0 Å². The molecule has 1 aromatic heterocycles. The Labute approximate surface area is 125 Å². The third-order valence-corrected chi connectivity index (χ3v) is 3.59. The van der Waals surface area contributed by atoms with E-state index in [1.165, 1.54) is 0 Å². The van der Waals surface area contributed by atoms with Gasteiger partial charge in [-0.05, 0) is 24.8 Å². The Kier molecular flexibility index (Phi) is 5.73. The number of piperidine rings is 1. The van der Waals surface area contributed by atoms with E-state index >= 15 is 0 Å². The smallest absolute Gasteiger partial charge is 0.255 e. The second-order valence-corrected chi connectivity index (χ2v) is 5.14. The first-order chi connectivity index (χ1) is 10.3. The van der Waals surface area contributed by atoms with Gasteiger partial charge in [-0.15, -0.1) is 0 Å². The number of carbonyl (C=O) groups excluding carboxylic acids is 1. The first kappa shape index (κ1) is 15.5. The molecule has 0 aromatic carbocycles. The van der Waals surface area contributed by atoms with E-state index in [0.29, 0.717) is 23.7 Å². The number of aromatic nitrogens is 1. The molecule has 5 heteroatoms. The fourth-order valence-corrected chi connectivity index (χ4v) is 2.62. The summed E-state index contributed by atoms with van der Waals surface area (Å²) in [6.07, 6.45) is 5.35. The summed E-state index contributed by atoms with van der Waals surface area (Å²) < 4.78 is 5.21. The van der Waals surface area contributed by atoms with E-state index in [9.17, 15) is 4.79 Å². The van der Waals surface area contributed by atoms with Crippen LogP contribution in [0, 0.1) is 17.8 Å². The number of methoxy groups -OCH3 is 1. The van der Waals surface area contributed by atoms with Crippen LogP contribution in [0.25, 0.3) is 0 Å². The number of ether oxygens (including phenoxy) is 1. The molecule has 1 amide bonds. The van der Waals surface area contributed by atoms with Gasteiger partial charge in [-0.2, -0.15) is 0 Å². The number of nitrogens with zero attached hydrogens (tertiary/aromatic N) is 2. The Balaban J connectivity index is 2.16. The molecule has 1 aliphatic heterocycles. The van der Waals surface area contributed by atoms with Gasteiger partial charge in [0.05, 0.1) is 24.3 Å². The highest BCUT2D eigenvalue weighted by Crippen LogP contribution is 2.19. The minimum Gasteiger partial charge on any atom is -0.384 e. The van der Waals surface area contributed by atoms with Crippen LogP contribution in [-0.4, -0.2) is 49.1 Å². The zero-order valence-corrected chi connectivity index (χ0v) is 12.3. The first-order valence-corrected chi connectivity index (χ1v) is 7.17. The molecular formula is C16H21N3O2. The second-order valence-electron chi connectivity index (χ2n) is 5.14. The summed E-state index contributed by atoms with van der Waals surface area (Å²) in [7, 11) is 1.70. The lowest BCUT2D eigenvalue weighted by atomic mass is 9.98. The van der Waals surface area contributed by atoms with Crippen molar-refractivity contribution in [2.45, 2.75) is 12.8 Å². The standard InChI is InChI=1S/C16H21N3O2/c1-21-12-13-4-3-9-19(11-13)16(20)15-6-8-18-10-14(15)5-2-7-17/h6,8,10,13H,3-4,7,9,11-12,17H2,1H3. The van der Waals surface area contributed by atoms with E-state index < -0.39 is 0 Å². The molecule has 1 fully saturated rings. The van der Waals surface area contributed by atoms with Crippen molar-refractivity contribution in [3.05, 3.63) is 29.6 Å². The Hall–Kier alpha value is -1.90. The molecule has 1 atom stereocenters. The minimum absolute atomic E-state index is 0.0134. The lowest BCUT2D eigenvalue weighted by Gasteiger charge is -2.32. The molecule has 0 spiro atoms. The number of hydrogen-bond acceptors (Lipinski definition) is 4. The van der Waals surface area contributed by atoms with Crippen molar-refractivity contribution in [2.75, 3.05) is 33.4 Å². The monoisotopic (exact) mass is 287 g/mol. The summed E-state index contributed by atoms with van der Waals surface area (Å²) in [4.78, 5) is 18.6. The van der Waals surface area contributed by atoms with Crippen molar-refractivity contribution in [3.8, 4) is 11.8 Å². The number of pyridine rings is 1. The molecule has 2 heterocycles. The summed E-state index contributed by atoms with van der Waals surface area (Å²) in [5.41, 5.74) is 6.64. The lowest BCUT2D eigenvalue weighted by molar-refractivity contribution is 0.0570. The molecule has 1 unspecified atom stereocenters. The normalized spacial score (nSPS) is 18.0. The van der Waals surface area contributed by atoms with E-state index in [1.807, 2.05) is 4.90 Å². The van der Waals surface area contributed by atoms with Crippen molar-refractivity contribution < 1.29 is 9.53 Å². The van der Waals surface area contributed by atoms with Crippen LogP contribution in [-0.2, 0) is 4.74 Å². The average molecular weight is 287 g/mol. The summed E-state index contributed by atoms with van der Waals surface area (Å²) in [5.74, 6) is 6.12. The molecule has 1 saturated heterocycles. The third kappa shape index (κ3) is 4.03. The van der Waals surface area contributed by atoms with Crippen molar-refractivity contribution >= 4 is 5.91 Å². The van der Waals surface area contributed by atoms with Crippen LogP contribution in [0.15, 0.2) is 18.5 Å². The number of carbonyl (C=O) groups is 1. The van der Waals surface area contributed by atoms with Crippen LogP contribution in [0.4, 0.5) is 0 Å². The van der Waals surface area contributed by atoms with E-state index in [-0.39, 0.29) is 12.5 Å². The number of amides is 1. The summed E-state index contributed by atoms with van der Waals surface area (Å²) in [6, 6.07) is 1.72. The maximum atomic E-state index is 12.7. The Morgan fingerprint density at radius 2 is 2.48 bits per heavy atom. The quantitative estimate of drug-likeness (QED) is 0.838. The molecule has 5 nitrogen and oxygen atoms in total. The molecule has 0 radical (unpaired) electrons. The number of rotatable bonds is 3. The molecule has 0 aliphatic carbocycles. The largest absolute Gasteiger partial charge is 0.384 e. The SMILES string of the molecule is COCC1CCCN(C(=O)c2ccncc2C#CCN)C1. The van der Waals surface area contributed by atoms with Gasteiger partial charge in [0, 0.05) is 32.6 Å². The topological polar surface area (TPSA) is 68.5 Å². The van der Waals surface area contributed by atoms with E-state index in [0.717, 1.165) is 25.9 Å². The van der Waals surface area contributed by atoms with E-state index in [1.54, 1.807) is 25.6 Å². The van der Waals surface area contributed by atoms with Crippen molar-refractivity contribution in [1.29, 1.82) is 0 Å². The Morgan fingerprint density at radius 3 is 3.24 bits per heavy atom. The van der Waals surface area contributed by atoms with Gasteiger partial charge in [-0.3, -0.25) is 9.78 Å². The van der Waals surface area contributed by atoms with Crippen LogP contribution in [0.3, 0.4) is 0 Å². The van der Waals surface area contributed by atoms with Crippen molar-refractivity contribution in [3.63, 3.8) is 0 Å². The van der Waals surface area contributed by atoms with E-state index in [2.05, 4.69) is 16.8 Å². The van der Waals surface area contributed by atoms with Crippen LogP contribution in [0.2, 0.25) is 0 Å². The van der Waals surface area contributed by atoms with Gasteiger partial charge >= 0.3 is 0 Å². The van der Waals surface area contributed by atoms with Crippen LogP contribution >= 0.6 is 0 Å². The second kappa shape index (κ2) is 7.77. The Bertz CT molecular complexity index is 546. The molecule has 0 saturated carbocycles. The van der Waals surface area contributed by atoms with Gasteiger partial charge < -0.3 is 15.4 Å². The van der Waals surface area contributed by atoms with Gasteiger partial charge in [0.15, 0.2) is 0 Å². The third-order valence-electron chi connectivity index (χ3n) is 3.59.